The number of hydrogen-bond acceptors (Lipinski definition) is 5. The predicted octanol–water partition coefficient (Wildman–Crippen LogP) is 10.9. The zero-order valence-electron chi connectivity index (χ0n) is 18.0. The molecule has 0 unspecified atom stereocenters. The van der Waals surface area contributed by atoms with Crippen LogP contribution in [0.15, 0.2) is 70.5 Å². The Kier molecular flexibility index (Phi) is 8.45. The van der Waals surface area contributed by atoms with Crippen molar-refractivity contribution in [2.24, 2.45) is 0 Å². The number of hydrogen-bond donors (Lipinski definition) is 0. The van der Waals surface area contributed by atoms with Gasteiger partial charge in [0, 0.05) is 65.3 Å². The highest BCUT2D eigenvalue weighted by molar-refractivity contribution is 7.99. The van der Waals surface area contributed by atoms with E-state index in [1.165, 1.54) is 48.2 Å². The summed E-state index contributed by atoms with van der Waals surface area (Å²) in [5.41, 5.74) is 1.02. The first-order chi connectivity index (χ1) is 17.5. The van der Waals surface area contributed by atoms with Crippen molar-refractivity contribution >= 4 is 92.7 Å². The summed E-state index contributed by atoms with van der Waals surface area (Å²) in [6.07, 6.45) is 0. The Hall–Kier alpha value is -2.23. The van der Waals surface area contributed by atoms with E-state index in [-0.39, 0.29) is 41.5 Å². The lowest BCUT2D eigenvalue weighted by Gasteiger charge is -2.15. The van der Waals surface area contributed by atoms with Crippen LogP contribution in [0, 0.1) is 20.2 Å². The van der Waals surface area contributed by atoms with Gasteiger partial charge in [-0.15, -0.1) is 0 Å². The minimum Gasteiger partial charge on any atom is -0.258 e. The van der Waals surface area contributed by atoms with E-state index in [0.29, 0.717) is 32.0 Å². The highest BCUT2D eigenvalue weighted by Crippen LogP contribution is 2.48. The molecule has 0 heterocycles. The second kappa shape index (κ2) is 11.3. The topological polar surface area (TPSA) is 86.3 Å². The van der Waals surface area contributed by atoms with Gasteiger partial charge >= 0.3 is 0 Å². The molecule has 0 radical (unpaired) electrons. The van der Waals surface area contributed by atoms with Gasteiger partial charge in [0.15, 0.2) is 0 Å². The fourth-order valence-corrected chi connectivity index (χ4v) is 6.28. The van der Waals surface area contributed by atoms with Gasteiger partial charge in [0.1, 0.15) is 0 Å². The third kappa shape index (κ3) is 5.94. The van der Waals surface area contributed by atoms with E-state index in [0.717, 1.165) is 0 Å². The summed E-state index contributed by atoms with van der Waals surface area (Å²) < 4.78 is 0. The first-order valence-electron chi connectivity index (χ1n) is 10.0. The van der Waals surface area contributed by atoms with E-state index in [2.05, 4.69) is 0 Å². The van der Waals surface area contributed by atoms with Crippen molar-refractivity contribution in [2.75, 3.05) is 0 Å². The van der Waals surface area contributed by atoms with Gasteiger partial charge in [0.25, 0.3) is 11.4 Å². The van der Waals surface area contributed by atoms with Gasteiger partial charge in [0.2, 0.25) is 0 Å². The van der Waals surface area contributed by atoms with Crippen molar-refractivity contribution in [3.8, 4) is 22.3 Å². The lowest BCUT2D eigenvalue weighted by Crippen LogP contribution is -1.92. The quantitative estimate of drug-likeness (QED) is 0.155. The molecule has 37 heavy (non-hydrogen) atoms. The first-order valence-corrected chi connectivity index (χ1v) is 13.1. The average Bonchev–Trinajstić information content (AvgIpc) is 2.82. The Balaban J connectivity index is 1.81. The Bertz CT molecular complexity index is 1480. The predicted molar refractivity (Wildman–Crippen MR) is 151 cm³/mol. The SMILES string of the molecule is O=[N+]([O-])c1cc(Cl)cc(-c2c(Cl)ccc(Sc3ccc(Cl)c(-c4cc(Cl)cc([N+](=O)[O-])c4)c3Cl)c2Cl)c1. The summed E-state index contributed by atoms with van der Waals surface area (Å²) in [5, 5.41) is 23.9. The normalized spacial score (nSPS) is 11.0. The molecule has 0 aliphatic rings. The molecule has 0 amide bonds. The van der Waals surface area contributed by atoms with Crippen LogP contribution in [0.25, 0.3) is 22.3 Å². The van der Waals surface area contributed by atoms with Gasteiger partial charge < -0.3 is 0 Å². The third-order valence-corrected chi connectivity index (χ3v) is 8.29. The van der Waals surface area contributed by atoms with Gasteiger partial charge in [-0.3, -0.25) is 20.2 Å². The van der Waals surface area contributed by atoms with E-state index >= 15 is 0 Å². The van der Waals surface area contributed by atoms with Crippen LogP contribution in [0.2, 0.25) is 30.1 Å². The fourth-order valence-electron chi connectivity index (χ4n) is 3.52. The minimum atomic E-state index is -0.565. The highest BCUT2D eigenvalue weighted by atomic mass is 35.5. The molecular weight excluding hydrogens is 625 g/mol. The number of nitro benzene ring substituents is 2. The molecule has 0 fully saturated rings. The van der Waals surface area contributed by atoms with Gasteiger partial charge in [-0.1, -0.05) is 81.4 Å². The van der Waals surface area contributed by atoms with Gasteiger partial charge in [0.05, 0.1) is 19.9 Å². The van der Waals surface area contributed by atoms with Crippen LogP contribution >= 0.6 is 81.4 Å². The van der Waals surface area contributed by atoms with Gasteiger partial charge in [-0.25, -0.2) is 0 Å². The number of benzene rings is 4. The largest absolute Gasteiger partial charge is 0.271 e. The molecule has 0 spiro atoms. The number of non-ortho nitro benzene ring substituents is 2. The summed E-state index contributed by atoms with van der Waals surface area (Å²) in [5.74, 6) is 0. The first kappa shape index (κ1) is 27.8. The van der Waals surface area contributed by atoms with E-state index in [9.17, 15) is 20.2 Å². The molecule has 13 heteroatoms. The van der Waals surface area contributed by atoms with Crippen LogP contribution in [-0.2, 0) is 0 Å². The van der Waals surface area contributed by atoms with Crippen LogP contribution in [0.1, 0.15) is 0 Å². The third-order valence-electron chi connectivity index (χ3n) is 5.10. The molecule has 0 aliphatic carbocycles. The summed E-state index contributed by atoms with van der Waals surface area (Å²) in [4.78, 5) is 22.6. The van der Waals surface area contributed by atoms with Crippen LogP contribution in [0.3, 0.4) is 0 Å². The standard InChI is InChI=1S/C24H10Cl6N2O4S/c25-13-5-11(7-15(9-13)31(33)34)21-17(27)1-3-19(23(21)29)37-20-4-2-18(28)22(24(20)30)12-6-14(26)10-16(8-12)32(35)36/h1-10H. The smallest absolute Gasteiger partial charge is 0.258 e. The Morgan fingerprint density at radius 3 is 1.30 bits per heavy atom. The average molecular weight is 635 g/mol. The molecule has 0 aromatic heterocycles. The zero-order valence-corrected chi connectivity index (χ0v) is 23.3. The maximum Gasteiger partial charge on any atom is 0.271 e. The molecule has 6 nitrogen and oxygen atoms in total. The fraction of sp³-hybridized carbons (Fsp3) is 0. The Morgan fingerprint density at radius 1 is 0.568 bits per heavy atom. The molecule has 4 aromatic carbocycles. The van der Waals surface area contributed by atoms with Crippen molar-refractivity contribution in [3.05, 3.63) is 111 Å². The molecule has 4 rings (SSSR count). The van der Waals surface area contributed by atoms with Gasteiger partial charge in [-0.2, -0.15) is 0 Å². The lowest BCUT2D eigenvalue weighted by molar-refractivity contribution is -0.385. The summed E-state index contributed by atoms with van der Waals surface area (Å²) in [6, 6.07) is 14.7. The Labute approximate surface area is 244 Å². The summed E-state index contributed by atoms with van der Waals surface area (Å²) in [6.45, 7) is 0. The zero-order chi connectivity index (χ0) is 27.0. The number of nitro groups is 2. The molecule has 0 saturated heterocycles. The highest BCUT2D eigenvalue weighted by Gasteiger charge is 2.21. The molecule has 0 aliphatic heterocycles. The molecule has 0 bridgehead atoms. The maximum atomic E-state index is 11.3. The van der Waals surface area contributed by atoms with E-state index in [1.807, 2.05) is 0 Å². The molecule has 0 saturated carbocycles. The van der Waals surface area contributed by atoms with Crippen molar-refractivity contribution in [1.29, 1.82) is 0 Å². The Morgan fingerprint density at radius 2 is 0.946 bits per heavy atom. The molecule has 0 atom stereocenters. The lowest BCUT2D eigenvalue weighted by atomic mass is 10.0. The number of halogens is 6. The molecule has 4 aromatic rings. The second-order valence-electron chi connectivity index (χ2n) is 7.48. The number of rotatable bonds is 6. The van der Waals surface area contributed by atoms with E-state index < -0.39 is 9.85 Å². The minimum absolute atomic E-state index is 0.149. The molecular formula is C24H10Cl6N2O4S. The summed E-state index contributed by atoms with van der Waals surface area (Å²) >= 11 is 39.7. The number of nitrogens with zero attached hydrogens (tertiary/aromatic N) is 2. The van der Waals surface area contributed by atoms with Crippen molar-refractivity contribution < 1.29 is 9.85 Å². The second-order valence-corrected chi connectivity index (χ2v) is 11.0. The van der Waals surface area contributed by atoms with Gasteiger partial charge in [-0.05, 0) is 47.5 Å². The maximum absolute atomic E-state index is 11.3. The van der Waals surface area contributed by atoms with Crippen molar-refractivity contribution in [3.63, 3.8) is 0 Å². The molecule has 0 N–H and O–H groups in total. The van der Waals surface area contributed by atoms with Crippen LogP contribution in [-0.4, -0.2) is 9.85 Å². The van der Waals surface area contributed by atoms with Crippen LogP contribution in [0.4, 0.5) is 11.4 Å². The van der Waals surface area contributed by atoms with Crippen molar-refractivity contribution in [2.45, 2.75) is 9.79 Å². The van der Waals surface area contributed by atoms with Crippen LogP contribution < -0.4 is 0 Å². The van der Waals surface area contributed by atoms with E-state index in [1.54, 1.807) is 24.3 Å². The van der Waals surface area contributed by atoms with E-state index in [4.69, 9.17) is 69.6 Å². The molecule has 188 valence electrons. The monoisotopic (exact) mass is 632 g/mol. The van der Waals surface area contributed by atoms with Crippen molar-refractivity contribution in [1.82, 2.24) is 0 Å². The van der Waals surface area contributed by atoms with Crippen LogP contribution in [0.5, 0.6) is 0 Å². The summed E-state index contributed by atoms with van der Waals surface area (Å²) in [7, 11) is 0.